The zero-order chi connectivity index (χ0) is 16.7. The Labute approximate surface area is 136 Å². The van der Waals surface area contributed by atoms with E-state index < -0.39 is 23.1 Å². The van der Waals surface area contributed by atoms with Gasteiger partial charge in [-0.2, -0.15) is 0 Å². The van der Waals surface area contributed by atoms with Gasteiger partial charge in [0.05, 0.1) is 16.0 Å². The maximum Gasteiger partial charge on any atom is 0.308 e. The molecule has 0 fully saturated rings. The summed E-state index contributed by atoms with van der Waals surface area (Å²) in [5, 5.41) is 4.47. The van der Waals surface area contributed by atoms with Crippen molar-refractivity contribution in [2.75, 3.05) is 6.26 Å². The van der Waals surface area contributed by atoms with Gasteiger partial charge in [0.2, 0.25) is 5.03 Å². The fraction of sp³-hybridized carbons (Fsp3) is 0.143. The highest BCUT2D eigenvalue weighted by Gasteiger charge is 2.14. The van der Waals surface area contributed by atoms with E-state index in [1.165, 1.54) is 30.7 Å². The van der Waals surface area contributed by atoms with Crippen LogP contribution in [0.4, 0.5) is 0 Å². The van der Waals surface area contributed by atoms with E-state index in [4.69, 9.17) is 10.5 Å². The second-order valence-corrected chi connectivity index (χ2v) is 6.40. The fourth-order valence-electron chi connectivity index (χ4n) is 1.32. The molecular weight excluding hydrogens is 324 g/mol. The number of ether oxygens (including phenoxy) is 1. The fourth-order valence-corrected chi connectivity index (χ4v) is 2.41. The highest BCUT2D eigenvalue weighted by atomic mass is 32.2. The number of carbonyl (C=O) groups is 2. The average molecular weight is 340 g/mol. The molecule has 22 heavy (non-hydrogen) atoms. The molecule has 0 bridgehead atoms. The summed E-state index contributed by atoms with van der Waals surface area (Å²) in [5.41, 5.74) is 5.72. The van der Waals surface area contributed by atoms with E-state index in [-0.39, 0.29) is 16.3 Å². The highest BCUT2D eigenvalue weighted by Crippen LogP contribution is 2.20. The van der Waals surface area contributed by atoms with Gasteiger partial charge in [0.1, 0.15) is 12.0 Å². The lowest BCUT2D eigenvalue weighted by Crippen LogP contribution is -2.22. The lowest BCUT2D eigenvalue weighted by Gasteiger charge is -2.10. The number of hydrogen-bond donors (Lipinski definition) is 2. The van der Waals surface area contributed by atoms with Gasteiger partial charge in [-0.1, -0.05) is 30.5 Å². The monoisotopic (exact) mass is 340 g/mol. The molecule has 1 aromatic rings. The maximum atomic E-state index is 12.1. The van der Waals surface area contributed by atoms with Gasteiger partial charge in [0, 0.05) is 6.92 Å². The molecule has 118 valence electrons. The smallest absolute Gasteiger partial charge is 0.308 e. The number of para-hydroxylation sites is 1. The number of thioether (sulfide) groups is 1. The Morgan fingerprint density at radius 2 is 2.09 bits per heavy atom. The zero-order valence-electron chi connectivity index (χ0n) is 12.1. The minimum Gasteiger partial charge on any atom is -0.610 e. The number of carbonyl (C=O) groups excluding carboxylic acids is 2. The molecule has 0 aromatic heterocycles. The van der Waals surface area contributed by atoms with Crippen LogP contribution in [0.5, 0.6) is 5.75 Å². The third kappa shape index (κ3) is 5.84. The van der Waals surface area contributed by atoms with E-state index in [2.05, 4.69) is 11.9 Å². The predicted molar refractivity (Wildman–Crippen MR) is 88.3 cm³/mol. The molecular formula is C14H16N2O4S2. The molecule has 1 aromatic carbocycles. The van der Waals surface area contributed by atoms with Crippen molar-refractivity contribution < 1.29 is 18.9 Å². The first-order chi connectivity index (χ1) is 10.3. The summed E-state index contributed by atoms with van der Waals surface area (Å²) in [7, 11) is 0. The van der Waals surface area contributed by atoms with Crippen LogP contribution in [-0.4, -0.2) is 22.7 Å². The van der Waals surface area contributed by atoms with Crippen molar-refractivity contribution in [3.63, 3.8) is 0 Å². The molecule has 0 saturated carbocycles. The number of rotatable bonds is 6. The summed E-state index contributed by atoms with van der Waals surface area (Å²) in [6, 6.07) is 6.34. The Kier molecular flexibility index (Phi) is 7.03. The molecule has 3 N–H and O–H groups in total. The minimum atomic E-state index is -1.28. The van der Waals surface area contributed by atoms with Gasteiger partial charge in [-0.05, 0) is 23.3 Å². The first kappa shape index (κ1) is 18.1. The van der Waals surface area contributed by atoms with Crippen LogP contribution in [-0.2, 0) is 16.0 Å². The van der Waals surface area contributed by atoms with Crippen LogP contribution in [0, 0.1) is 0 Å². The summed E-state index contributed by atoms with van der Waals surface area (Å²) in [6.07, 6.45) is 1.45. The van der Waals surface area contributed by atoms with Gasteiger partial charge in [0.25, 0.3) is 5.91 Å². The number of esters is 1. The van der Waals surface area contributed by atoms with E-state index >= 15 is 0 Å². The molecule has 0 radical (unpaired) electrons. The molecule has 0 aliphatic carbocycles. The Balaban J connectivity index is 2.75. The molecule has 1 atom stereocenters. The van der Waals surface area contributed by atoms with Crippen LogP contribution in [0.15, 0.2) is 46.3 Å². The summed E-state index contributed by atoms with van der Waals surface area (Å²) in [5.74, 6) is -0.830. The topological polar surface area (TPSA) is 104 Å². The van der Waals surface area contributed by atoms with Crippen molar-refractivity contribution >= 4 is 34.8 Å². The summed E-state index contributed by atoms with van der Waals surface area (Å²) in [6.45, 7) is 4.92. The second-order valence-electron chi connectivity index (χ2n) is 4.06. The number of benzene rings is 1. The first-order valence-electron chi connectivity index (χ1n) is 6.04. The summed E-state index contributed by atoms with van der Waals surface area (Å²) >= 11 is -0.238. The quantitative estimate of drug-likeness (QED) is 0.464. The lowest BCUT2D eigenvalue weighted by molar-refractivity contribution is -0.131. The van der Waals surface area contributed by atoms with Crippen LogP contribution in [0.25, 0.3) is 0 Å². The van der Waals surface area contributed by atoms with E-state index in [1.807, 2.05) is 0 Å². The molecule has 0 spiro atoms. The molecule has 1 rings (SSSR count). The van der Waals surface area contributed by atoms with Gasteiger partial charge >= 0.3 is 5.97 Å². The molecule has 0 aliphatic rings. The van der Waals surface area contributed by atoms with Crippen LogP contribution < -0.4 is 15.8 Å². The number of nitrogens with two attached hydrogens (primary N) is 1. The Hall–Kier alpha value is -1.90. The molecule has 1 unspecified atom stereocenters. The minimum absolute atomic E-state index is 0.162. The Morgan fingerprint density at radius 3 is 2.68 bits per heavy atom. The normalized spacial score (nSPS) is 12.4. The van der Waals surface area contributed by atoms with Crippen molar-refractivity contribution in [2.45, 2.75) is 6.92 Å². The van der Waals surface area contributed by atoms with E-state index in [1.54, 1.807) is 12.1 Å². The summed E-state index contributed by atoms with van der Waals surface area (Å²) < 4.78 is 16.1. The largest absolute Gasteiger partial charge is 0.610 e. The van der Waals surface area contributed by atoms with Crippen LogP contribution in [0.3, 0.4) is 0 Å². The number of nitrogens with one attached hydrogen (secondary N) is 1. The highest BCUT2D eigenvalue weighted by molar-refractivity contribution is 8.06. The number of hydrogen-bond acceptors (Lipinski definition) is 6. The standard InChI is InChI=1S/C14H16N2O4S2/c1-9(21-8-13(15)22(3)19)16-14(18)11-6-4-5-7-12(11)20-10(2)17/h4-8H,1,15H2,2-3H3,(H,16,18)/b13-8+. The SMILES string of the molecule is C=C(NC(=O)c1ccccc1OC(C)=O)S/C=C(\N)[S+](C)[O-]. The first-order valence-corrected chi connectivity index (χ1v) is 8.48. The maximum absolute atomic E-state index is 12.1. The van der Waals surface area contributed by atoms with Gasteiger partial charge in [-0.15, -0.1) is 0 Å². The second kappa shape index (κ2) is 8.52. The lowest BCUT2D eigenvalue weighted by atomic mass is 10.2. The van der Waals surface area contributed by atoms with Gasteiger partial charge in [-0.3, -0.25) is 9.59 Å². The van der Waals surface area contributed by atoms with Crippen molar-refractivity contribution in [3.05, 3.63) is 51.9 Å². The Morgan fingerprint density at radius 1 is 1.45 bits per heavy atom. The van der Waals surface area contributed by atoms with E-state index in [9.17, 15) is 14.1 Å². The van der Waals surface area contributed by atoms with Crippen LogP contribution in [0.2, 0.25) is 0 Å². The van der Waals surface area contributed by atoms with Gasteiger partial charge < -0.3 is 20.3 Å². The van der Waals surface area contributed by atoms with Crippen molar-refractivity contribution in [2.24, 2.45) is 5.73 Å². The molecule has 0 saturated heterocycles. The third-order valence-corrected chi connectivity index (χ3v) is 3.98. The molecule has 0 heterocycles. The van der Waals surface area contributed by atoms with E-state index in [0.29, 0.717) is 5.03 Å². The Bertz CT molecular complexity index is 615. The van der Waals surface area contributed by atoms with E-state index in [0.717, 1.165) is 11.8 Å². The molecule has 8 heteroatoms. The van der Waals surface area contributed by atoms with Crippen molar-refractivity contribution in [3.8, 4) is 5.75 Å². The average Bonchev–Trinajstić information content (AvgIpc) is 2.44. The van der Waals surface area contributed by atoms with Crippen LogP contribution >= 0.6 is 11.8 Å². The van der Waals surface area contributed by atoms with Crippen LogP contribution in [0.1, 0.15) is 17.3 Å². The van der Waals surface area contributed by atoms with Gasteiger partial charge in [0.15, 0.2) is 0 Å². The van der Waals surface area contributed by atoms with Gasteiger partial charge in [-0.25, -0.2) is 0 Å². The molecule has 1 amide bonds. The molecule has 0 aliphatic heterocycles. The van der Waals surface area contributed by atoms with Crippen molar-refractivity contribution in [1.29, 1.82) is 0 Å². The number of amides is 1. The van der Waals surface area contributed by atoms with Crippen molar-refractivity contribution in [1.82, 2.24) is 5.32 Å². The summed E-state index contributed by atoms with van der Waals surface area (Å²) in [4.78, 5) is 23.2. The zero-order valence-corrected chi connectivity index (χ0v) is 13.8. The molecule has 6 nitrogen and oxygen atoms in total. The third-order valence-electron chi connectivity index (χ3n) is 2.29. The predicted octanol–water partition coefficient (Wildman–Crippen LogP) is 1.68.